The summed E-state index contributed by atoms with van der Waals surface area (Å²) in [5.41, 5.74) is 4.93. The Morgan fingerprint density at radius 2 is 1.96 bits per heavy atom. The van der Waals surface area contributed by atoms with Crippen LogP contribution in [0.5, 0.6) is 5.75 Å². The molecule has 4 heterocycles. The molecular weight excluding hydrogens is 646 g/mol. The molecule has 0 spiro atoms. The number of rotatable bonds is 12. The van der Waals surface area contributed by atoms with E-state index >= 15 is 4.39 Å². The number of aromatic nitrogens is 3. The molecule has 2 aromatic carbocycles. The van der Waals surface area contributed by atoms with E-state index in [4.69, 9.17) is 14.5 Å². The van der Waals surface area contributed by atoms with Crippen molar-refractivity contribution in [3.63, 3.8) is 0 Å². The summed E-state index contributed by atoms with van der Waals surface area (Å²) in [5, 5.41) is 12.8. The molecule has 1 aliphatic rings. The number of H-pyrrole nitrogens is 1. The number of nitrogens with one attached hydrogen (secondary N) is 2. The number of aromatic amines is 1. The molecule has 1 aliphatic heterocycles. The number of pyridine rings is 1. The average molecular weight is 680 g/mol. The van der Waals surface area contributed by atoms with Gasteiger partial charge in [-0.15, -0.1) is 11.3 Å². The number of ether oxygens (including phenoxy) is 2. The van der Waals surface area contributed by atoms with Crippen LogP contribution < -0.4 is 10.1 Å². The van der Waals surface area contributed by atoms with Crippen LogP contribution in [-0.4, -0.2) is 65.8 Å². The number of halogens is 4. The smallest absolute Gasteiger partial charge is 0.251 e. The van der Waals surface area contributed by atoms with Gasteiger partial charge in [0.1, 0.15) is 35.4 Å². The highest BCUT2D eigenvalue weighted by Crippen LogP contribution is 2.47. The molecule has 0 unspecified atom stereocenters. The number of carbonyl (C=O) groups is 1. The van der Waals surface area contributed by atoms with Crippen molar-refractivity contribution in [1.29, 1.82) is 0 Å². The standard InChI is InChI=1S/C35H33F4N5O3S/c1-4-30(45)40-19(2)26-16-27(43-42-26)34-32(31-25(37)14-23(36)15-28(31)47-11-10-46-3)35-24(8-12-48-35)33(41-34)21-6-5-20-7-9-44(18-29(38)39)17-22(20)13-21/h4-6,8,12-16,19,29H,1,7,9-11,17-18H2,2-3H3,(H,40,45)(H,42,43)/t19-/m1/s1. The fourth-order valence-corrected chi connectivity index (χ4v) is 6.90. The first-order chi connectivity index (χ1) is 23.2. The third kappa shape index (κ3) is 6.84. The number of amides is 1. The number of hydrogen-bond acceptors (Lipinski definition) is 7. The minimum atomic E-state index is -2.43. The summed E-state index contributed by atoms with van der Waals surface area (Å²) in [6.07, 6.45) is -0.614. The molecular formula is C35H33F4N5O3S. The fourth-order valence-electron chi connectivity index (χ4n) is 5.95. The van der Waals surface area contributed by atoms with Crippen LogP contribution in [0.2, 0.25) is 0 Å². The Kier molecular flexibility index (Phi) is 9.90. The van der Waals surface area contributed by atoms with Crippen molar-refractivity contribution in [2.45, 2.75) is 32.4 Å². The molecule has 48 heavy (non-hydrogen) atoms. The third-order valence-corrected chi connectivity index (χ3v) is 9.17. The van der Waals surface area contributed by atoms with Crippen molar-refractivity contribution in [3.05, 3.63) is 89.0 Å². The van der Waals surface area contributed by atoms with Gasteiger partial charge < -0.3 is 14.8 Å². The molecule has 6 rings (SSSR count). The lowest BCUT2D eigenvalue weighted by atomic mass is 9.93. The Labute approximate surface area is 278 Å². The number of hydrogen-bond donors (Lipinski definition) is 2. The van der Waals surface area contributed by atoms with Gasteiger partial charge in [0.15, 0.2) is 0 Å². The summed E-state index contributed by atoms with van der Waals surface area (Å²) >= 11 is 1.36. The second kappa shape index (κ2) is 14.3. The number of carbonyl (C=O) groups excluding carboxylic acids is 1. The van der Waals surface area contributed by atoms with Gasteiger partial charge in [-0.25, -0.2) is 22.5 Å². The molecule has 13 heteroatoms. The van der Waals surface area contributed by atoms with Crippen LogP contribution in [0.3, 0.4) is 0 Å². The summed E-state index contributed by atoms with van der Waals surface area (Å²) in [5.74, 6) is -2.04. The van der Waals surface area contributed by atoms with Crippen LogP contribution in [0.25, 0.3) is 43.9 Å². The first kappa shape index (κ1) is 33.3. The first-order valence-electron chi connectivity index (χ1n) is 15.3. The molecule has 0 aliphatic carbocycles. The summed E-state index contributed by atoms with van der Waals surface area (Å²) in [4.78, 5) is 18.8. The van der Waals surface area contributed by atoms with E-state index in [1.807, 2.05) is 29.6 Å². The fraction of sp³-hybridized carbons (Fsp3) is 0.286. The Hall–Kier alpha value is -4.59. The van der Waals surface area contributed by atoms with E-state index in [1.54, 1.807) is 17.9 Å². The van der Waals surface area contributed by atoms with Crippen molar-refractivity contribution in [1.82, 2.24) is 25.4 Å². The van der Waals surface area contributed by atoms with Gasteiger partial charge in [0.2, 0.25) is 5.91 Å². The summed E-state index contributed by atoms with van der Waals surface area (Å²) in [7, 11) is 1.50. The van der Waals surface area contributed by atoms with Gasteiger partial charge in [-0.2, -0.15) is 5.10 Å². The van der Waals surface area contributed by atoms with Gasteiger partial charge >= 0.3 is 0 Å². The summed E-state index contributed by atoms with van der Waals surface area (Å²) in [6.45, 7) is 6.13. The number of thiophene rings is 1. The van der Waals surface area contributed by atoms with E-state index in [-0.39, 0.29) is 37.0 Å². The second-order valence-electron chi connectivity index (χ2n) is 11.5. The first-order valence-corrected chi connectivity index (χ1v) is 16.2. The molecule has 1 amide bonds. The van der Waals surface area contributed by atoms with Crippen LogP contribution in [-0.2, 0) is 22.5 Å². The molecule has 8 nitrogen and oxygen atoms in total. The largest absolute Gasteiger partial charge is 0.490 e. The highest BCUT2D eigenvalue weighted by molar-refractivity contribution is 7.18. The molecule has 0 bridgehead atoms. The zero-order chi connectivity index (χ0) is 33.9. The minimum Gasteiger partial charge on any atom is -0.490 e. The molecule has 250 valence electrons. The van der Waals surface area contributed by atoms with E-state index < -0.39 is 24.1 Å². The maximum absolute atomic E-state index is 16.0. The Morgan fingerprint density at radius 1 is 1.12 bits per heavy atom. The molecule has 0 saturated carbocycles. The predicted octanol–water partition coefficient (Wildman–Crippen LogP) is 7.31. The molecule has 0 saturated heterocycles. The lowest BCUT2D eigenvalue weighted by molar-refractivity contribution is -0.117. The van der Waals surface area contributed by atoms with E-state index in [0.717, 1.165) is 34.9 Å². The maximum atomic E-state index is 16.0. The van der Waals surface area contributed by atoms with Gasteiger partial charge in [0.25, 0.3) is 6.43 Å². The zero-order valence-electron chi connectivity index (χ0n) is 26.3. The van der Waals surface area contributed by atoms with E-state index in [2.05, 4.69) is 22.1 Å². The number of nitrogens with zero attached hydrogens (tertiary/aromatic N) is 3. The normalized spacial score (nSPS) is 13.9. The maximum Gasteiger partial charge on any atom is 0.251 e. The van der Waals surface area contributed by atoms with Gasteiger partial charge in [-0.1, -0.05) is 18.7 Å². The number of fused-ring (bicyclic) bond motifs is 2. The SMILES string of the molecule is C=CC(=O)N[C@H](C)c1cc(-c2nc(-c3ccc4c(c3)CN(CC(F)F)CC4)c3ccsc3c2-c2c(F)cc(F)cc2OCCOC)n[nH]1. The van der Waals surface area contributed by atoms with Crippen LogP contribution in [0, 0.1) is 11.6 Å². The third-order valence-electron chi connectivity index (χ3n) is 8.24. The van der Waals surface area contributed by atoms with E-state index in [1.165, 1.54) is 18.4 Å². The monoisotopic (exact) mass is 679 g/mol. The van der Waals surface area contributed by atoms with Gasteiger partial charge in [0.05, 0.1) is 36.1 Å². The Balaban J connectivity index is 1.56. The van der Waals surface area contributed by atoms with Crippen molar-refractivity contribution >= 4 is 27.3 Å². The van der Waals surface area contributed by atoms with Crippen LogP contribution in [0.4, 0.5) is 17.6 Å². The number of alkyl halides is 2. The predicted molar refractivity (Wildman–Crippen MR) is 177 cm³/mol. The summed E-state index contributed by atoms with van der Waals surface area (Å²) in [6, 6.07) is 11.0. The Morgan fingerprint density at radius 3 is 2.73 bits per heavy atom. The molecule has 0 radical (unpaired) electrons. The average Bonchev–Trinajstić information content (AvgIpc) is 3.75. The molecule has 0 fully saturated rings. The van der Waals surface area contributed by atoms with Crippen molar-refractivity contribution in [3.8, 4) is 39.5 Å². The topological polar surface area (TPSA) is 92.4 Å². The van der Waals surface area contributed by atoms with Crippen molar-refractivity contribution in [2.75, 3.05) is 33.4 Å². The molecule has 5 aromatic rings. The molecule has 2 N–H and O–H groups in total. The number of benzene rings is 2. The van der Waals surface area contributed by atoms with Crippen LogP contribution in [0.15, 0.2) is 60.5 Å². The minimum absolute atomic E-state index is 0.0136. The zero-order valence-corrected chi connectivity index (χ0v) is 27.1. The Bertz CT molecular complexity index is 1980. The van der Waals surface area contributed by atoms with Crippen molar-refractivity contribution in [2.24, 2.45) is 0 Å². The van der Waals surface area contributed by atoms with Crippen LogP contribution in [0.1, 0.15) is 29.8 Å². The van der Waals surface area contributed by atoms with Gasteiger partial charge in [0, 0.05) is 53.5 Å². The van der Waals surface area contributed by atoms with Crippen molar-refractivity contribution < 1.29 is 31.8 Å². The van der Waals surface area contributed by atoms with E-state index in [9.17, 15) is 18.0 Å². The van der Waals surface area contributed by atoms with Crippen LogP contribution >= 0.6 is 11.3 Å². The highest BCUT2D eigenvalue weighted by atomic mass is 32.1. The van der Waals surface area contributed by atoms with E-state index in [0.29, 0.717) is 57.9 Å². The van der Waals surface area contributed by atoms with Gasteiger partial charge in [-0.3, -0.25) is 14.8 Å². The summed E-state index contributed by atoms with van der Waals surface area (Å²) < 4.78 is 68.6. The van der Waals surface area contributed by atoms with Gasteiger partial charge in [-0.05, 0) is 54.1 Å². The molecule has 3 aromatic heterocycles. The highest BCUT2D eigenvalue weighted by Gasteiger charge is 2.28. The molecule has 1 atom stereocenters. The quantitative estimate of drug-likeness (QED) is 0.0817. The second-order valence-corrected chi connectivity index (χ2v) is 12.4. The number of methoxy groups -OCH3 is 1. The lowest BCUT2D eigenvalue weighted by Crippen LogP contribution is -2.34. The lowest BCUT2D eigenvalue weighted by Gasteiger charge is -2.28.